The summed E-state index contributed by atoms with van der Waals surface area (Å²) in [6, 6.07) is 15.3. The fraction of sp³-hybridized carbons (Fsp3) is 0.333. The van der Waals surface area contributed by atoms with Crippen LogP contribution in [0.3, 0.4) is 0 Å². The Bertz CT molecular complexity index is 931. The number of aromatic nitrogens is 2. The maximum absolute atomic E-state index is 12.7. The van der Waals surface area contributed by atoms with E-state index in [9.17, 15) is 9.50 Å². The molecular weight excluding hydrogens is 343 g/mol. The number of halogens is 1. The third kappa shape index (κ3) is 3.71. The lowest BCUT2D eigenvalue weighted by Crippen LogP contribution is -2.43. The van der Waals surface area contributed by atoms with Gasteiger partial charge in [-0.3, -0.25) is 4.90 Å². The molecule has 1 saturated heterocycles. The van der Waals surface area contributed by atoms with Crippen LogP contribution in [0.2, 0.25) is 0 Å². The summed E-state index contributed by atoms with van der Waals surface area (Å²) in [5.74, 6) is 0.920. The highest BCUT2D eigenvalue weighted by Crippen LogP contribution is 2.34. The molecule has 0 bridgehead atoms. The van der Waals surface area contributed by atoms with E-state index in [4.69, 9.17) is 0 Å². The van der Waals surface area contributed by atoms with E-state index in [1.54, 1.807) is 12.1 Å². The number of hydrogen-bond donors (Lipinski definition) is 2. The van der Waals surface area contributed by atoms with Gasteiger partial charge in [0, 0.05) is 35.5 Å². The number of benzene rings is 2. The van der Waals surface area contributed by atoms with E-state index in [1.807, 2.05) is 36.4 Å². The van der Waals surface area contributed by atoms with Crippen LogP contribution in [-0.4, -0.2) is 52.6 Å². The number of piperidine rings is 1. The van der Waals surface area contributed by atoms with Gasteiger partial charge in [-0.05, 0) is 31.5 Å². The molecule has 0 saturated carbocycles. The zero-order chi connectivity index (χ0) is 18.6. The molecule has 4 rings (SSSR count). The number of aromatic hydroxyl groups is 1. The quantitative estimate of drug-likeness (QED) is 0.718. The summed E-state index contributed by atoms with van der Waals surface area (Å²) in [5, 5.41) is 24.5. The first kappa shape index (κ1) is 17.7. The van der Waals surface area contributed by atoms with Crippen molar-refractivity contribution < 1.29 is 9.50 Å². The van der Waals surface area contributed by atoms with Crippen LogP contribution in [0.25, 0.3) is 22.0 Å². The summed E-state index contributed by atoms with van der Waals surface area (Å²) in [6.07, 6.45) is 2.07. The fourth-order valence-corrected chi connectivity index (χ4v) is 3.77. The van der Waals surface area contributed by atoms with Gasteiger partial charge in [0.15, 0.2) is 5.82 Å². The number of para-hydroxylation sites is 1. The van der Waals surface area contributed by atoms with E-state index in [2.05, 4.69) is 20.4 Å². The predicted molar refractivity (Wildman–Crippen MR) is 106 cm³/mol. The molecule has 0 spiro atoms. The Labute approximate surface area is 157 Å². The van der Waals surface area contributed by atoms with Crippen LogP contribution in [0, 0.1) is 0 Å². The van der Waals surface area contributed by atoms with E-state index < -0.39 is 0 Å². The van der Waals surface area contributed by atoms with Crippen molar-refractivity contribution in [2.75, 3.05) is 31.6 Å². The number of nitrogens with one attached hydrogen (secondary N) is 1. The average molecular weight is 366 g/mol. The summed E-state index contributed by atoms with van der Waals surface area (Å²) in [7, 11) is 0. The highest BCUT2D eigenvalue weighted by atomic mass is 19.1. The number of phenols is 1. The smallest absolute Gasteiger partial charge is 0.156 e. The fourth-order valence-electron chi connectivity index (χ4n) is 3.77. The van der Waals surface area contributed by atoms with Crippen LogP contribution >= 0.6 is 0 Å². The van der Waals surface area contributed by atoms with Crippen LogP contribution in [0.4, 0.5) is 10.2 Å². The Hall–Kier alpha value is -2.73. The zero-order valence-corrected chi connectivity index (χ0v) is 15.1. The Balaban J connectivity index is 1.67. The van der Waals surface area contributed by atoms with Gasteiger partial charge in [-0.25, -0.2) is 4.39 Å². The number of nitrogens with zero attached hydrogens (tertiary/aromatic N) is 3. The summed E-state index contributed by atoms with van der Waals surface area (Å²) >= 11 is 0. The molecule has 6 heteroatoms. The molecule has 5 nitrogen and oxygen atoms in total. The summed E-state index contributed by atoms with van der Waals surface area (Å²) < 4.78 is 12.7. The second kappa shape index (κ2) is 7.88. The minimum Gasteiger partial charge on any atom is -0.507 e. The maximum atomic E-state index is 12.7. The van der Waals surface area contributed by atoms with Crippen LogP contribution < -0.4 is 5.32 Å². The van der Waals surface area contributed by atoms with Gasteiger partial charge in [0.2, 0.25) is 0 Å². The minimum absolute atomic E-state index is 0.187. The molecule has 2 heterocycles. The summed E-state index contributed by atoms with van der Waals surface area (Å²) in [5.41, 5.74) is 1.33. The molecule has 1 atom stereocenters. The molecular formula is C21H23FN4O. The Morgan fingerprint density at radius 1 is 1.07 bits per heavy atom. The Morgan fingerprint density at radius 3 is 2.67 bits per heavy atom. The first-order valence-electron chi connectivity index (χ1n) is 9.35. The van der Waals surface area contributed by atoms with Crippen molar-refractivity contribution in [2.45, 2.75) is 18.9 Å². The second-order valence-electron chi connectivity index (χ2n) is 6.93. The van der Waals surface area contributed by atoms with Crippen molar-refractivity contribution in [2.24, 2.45) is 0 Å². The normalized spacial score (nSPS) is 17.9. The highest BCUT2D eigenvalue weighted by Gasteiger charge is 2.21. The lowest BCUT2D eigenvalue weighted by molar-refractivity contribution is 0.200. The molecule has 2 N–H and O–H groups in total. The van der Waals surface area contributed by atoms with Crippen molar-refractivity contribution in [3.8, 4) is 17.0 Å². The third-order valence-corrected chi connectivity index (χ3v) is 5.09. The van der Waals surface area contributed by atoms with E-state index in [0.717, 1.165) is 42.5 Å². The van der Waals surface area contributed by atoms with E-state index in [1.165, 1.54) is 0 Å². The minimum atomic E-state index is -0.315. The van der Waals surface area contributed by atoms with Crippen molar-refractivity contribution in [1.29, 1.82) is 0 Å². The molecule has 1 aromatic heterocycles. The first-order chi connectivity index (χ1) is 13.3. The van der Waals surface area contributed by atoms with Gasteiger partial charge < -0.3 is 10.4 Å². The van der Waals surface area contributed by atoms with Crippen LogP contribution in [0.5, 0.6) is 5.75 Å². The van der Waals surface area contributed by atoms with Crippen LogP contribution in [-0.2, 0) is 0 Å². The van der Waals surface area contributed by atoms with Gasteiger partial charge in [-0.1, -0.05) is 36.4 Å². The lowest BCUT2D eigenvalue weighted by Gasteiger charge is -2.32. The molecule has 1 fully saturated rings. The van der Waals surface area contributed by atoms with Gasteiger partial charge in [0.05, 0.1) is 0 Å². The predicted octanol–water partition coefficient (Wildman–Crippen LogP) is 3.85. The number of hydrogen-bond acceptors (Lipinski definition) is 5. The van der Waals surface area contributed by atoms with Gasteiger partial charge in [0.25, 0.3) is 0 Å². The van der Waals surface area contributed by atoms with Crippen molar-refractivity contribution in [3.63, 3.8) is 0 Å². The number of fused-ring (bicyclic) bond motifs is 1. The molecule has 3 aromatic rings. The number of likely N-dealkylation sites (tertiary alicyclic amines) is 1. The molecule has 1 aliphatic rings. The van der Waals surface area contributed by atoms with Gasteiger partial charge in [-0.15, -0.1) is 10.2 Å². The number of rotatable bonds is 5. The zero-order valence-electron chi connectivity index (χ0n) is 15.1. The van der Waals surface area contributed by atoms with Crippen molar-refractivity contribution >= 4 is 16.6 Å². The average Bonchev–Trinajstić information content (AvgIpc) is 2.70. The van der Waals surface area contributed by atoms with Gasteiger partial charge >= 0.3 is 0 Å². The summed E-state index contributed by atoms with van der Waals surface area (Å²) in [6.45, 7) is 1.92. The van der Waals surface area contributed by atoms with E-state index >= 15 is 0 Å². The molecule has 0 radical (unpaired) electrons. The monoisotopic (exact) mass is 366 g/mol. The first-order valence-corrected chi connectivity index (χ1v) is 9.35. The van der Waals surface area contributed by atoms with Gasteiger partial charge in [-0.2, -0.15) is 0 Å². The largest absolute Gasteiger partial charge is 0.507 e. The molecule has 140 valence electrons. The standard InChI is InChI=1S/C21H23FN4O/c22-11-13-26-12-5-6-15(14-26)23-21-17-8-2-1-7-16(17)20(24-25-21)18-9-3-4-10-19(18)27/h1-4,7-10,15,27H,5-6,11-14H2,(H,23,25). The third-order valence-electron chi connectivity index (χ3n) is 5.09. The SMILES string of the molecule is Oc1ccccc1-c1nnc(NC2CCCN(CCF)C2)c2ccccc12. The van der Waals surface area contributed by atoms with E-state index in [0.29, 0.717) is 17.8 Å². The Morgan fingerprint density at radius 2 is 1.85 bits per heavy atom. The molecule has 1 aliphatic heterocycles. The van der Waals surface area contributed by atoms with Crippen LogP contribution in [0.15, 0.2) is 48.5 Å². The maximum Gasteiger partial charge on any atom is 0.156 e. The number of phenolic OH excluding ortho intramolecular Hbond substituents is 1. The Kier molecular flexibility index (Phi) is 5.16. The number of anilines is 1. The number of alkyl halides is 1. The van der Waals surface area contributed by atoms with Crippen molar-refractivity contribution in [1.82, 2.24) is 15.1 Å². The molecule has 27 heavy (non-hydrogen) atoms. The second-order valence-corrected chi connectivity index (χ2v) is 6.93. The van der Waals surface area contributed by atoms with Crippen molar-refractivity contribution in [3.05, 3.63) is 48.5 Å². The summed E-state index contributed by atoms with van der Waals surface area (Å²) in [4.78, 5) is 2.15. The molecule has 0 aliphatic carbocycles. The molecule has 2 aromatic carbocycles. The lowest BCUT2D eigenvalue weighted by atomic mass is 10.0. The highest BCUT2D eigenvalue weighted by molar-refractivity contribution is 6.00. The molecule has 1 unspecified atom stereocenters. The van der Waals surface area contributed by atoms with E-state index in [-0.39, 0.29) is 18.5 Å². The molecule has 0 amide bonds. The van der Waals surface area contributed by atoms with Crippen LogP contribution in [0.1, 0.15) is 12.8 Å². The topological polar surface area (TPSA) is 61.3 Å². The van der Waals surface area contributed by atoms with Gasteiger partial charge in [0.1, 0.15) is 18.1 Å².